The Kier molecular flexibility index (Phi) is 2.41. The van der Waals surface area contributed by atoms with E-state index in [1.807, 2.05) is 12.1 Å². The van der Waals surface area contributed by atoms with Crippen molar-refractivity contribution in [1.29, 1.82) is 0 Å². The lowest BCUT2D eigenvalue weighted by Gasteiger charge is -2.22. The number of carbonyl (C=O) groups excluding carboxylic acids is 2. The van der Waals surface area contributed by atoms with Crippen LogP contribution in [0, 0.1) is 0 Å². The Balaban J connectivity index is 2.22. The van der Waals surface area contributed by atoms with E-state index in [4.69, 9.17) is 9.47 Å². The molecule has 0 N–H and O–H groups in total. The minimum absolute atomic E-state index is 0.384. The lowest BCUT2D eigenvalue weighted by atomic mass is 10.0. The van der Waals surface area contributed by atoms with Gasteiger partial charge in [0.15, 0.2) is 0 Å². The number of hydrogen-bond acceptors (Lipinski definition) is 4. The summed E-state index contributed by atoms with van der Waals surface area (Å²) in [5.74, 6) is -0.439. The first-order valence-corrected chi connectivity index (χ1v) is 4.63. The maximum Gasteiger partial charge on any atom is 0.353 e. The van der Waals surface area contributed by atoms with Crippen molar-refractivity contribution in [1.82, 2.24) is 0 Å². The topological polar surface area (TPSA) is 52.6 Å². The highest BCUT2D eigenvalue weighted by Crippen LogP contribution is 2.25. The van der Waals surface area contributed by atoms with Crippen molar-refractivity contribution < 1.29 is 19.1 Å². The van der Waals surface area contributed by atoms with Crippen molar-refractivity contribution in [2.24, 2.45) is 0 Å². The summed E-state index contributed by atoms with van der Waals surface area (Å²) in [5, 5.41) is 0. The van der Waals surface area contributed by atoms with E-state index >= 15 is 0 Å². The fourth-order valence-corrected chi connectivity index (χ4v) is 1.52. The maximum atomic E-state index is 11.4. The van der Waals surface area contributed by atoms with Gasteiger partial charge in [-0.3, -0.25) is 4.79 Å². The third-order valence-corrected chi connectivity index (χ3v) is 2.16. The van der Waals surface area contributed by atoms with Gasteiger partial charge in [0.2, 0.25) is 6.10 Å². The number of carbonyl (C=O) groups is 2. The Bertz CT molecular complexity index is 411. The van der Waals surface area contributed by atoms with E-state index < -0.39 is 18.0 Å². The van der Waals surface area contributed by atoms with Crippen LogP contribution in [-0.4, -0.2) is 18.0 Å². The molecule has 1 atom stereocenters. The van der Waals surface area contributed by atoms with Gasteiger partial charge in [0.1, 0.15) is 5.75 Å². The molecule has 0 amide bonds. The first-order chi connectivity index (χ1) is 7.16. The molecule has 2 rings (SSSR count). The van der Waals surface area contributed by atoms with Gasteiger partial charge in [-0.25, -0.2) is 4.79 Å². The van der Waals surface area contributed by atoms with Crippen LogP contribution in [0.25, 0.3) is 0 Å². The molecule has 4 heteroatoms. The predicted molar refractivity (Wildman–Crippen MR) is 51.3 cm³/mol. The maximum absolute atomic E-state index is 11.4. The zero-order valence-electron chi connectivity index (χ0n) is 8.23. The summed E-state index contributed by atoms with van der Waals surface area (Å²) in [6.45, 7) is 1.27. The lowest BCUT2D eigenvalue weighted by Crippen LogP contribution is -2.35. The van der Waals surface area contributed by atoms with Crippen LogP contribution in [0.2, 0.25) is 0 Å². The highest BCUT2D eigenvalue weighted by Gasteiger charge is 2.30. The molecule has 1 aliphatic heterocycles. The standard InChI is InChI=1S/C11H10O4/c1-7(12)14-10-6-8-4-2-3-5-9(8)15-11(10)13/h2-5,10H,6H2,1H3. The van der Waals surface area contributed by atoms with E-state index in [-0.39, 0.29) is 0 Å². The number of ether oxygens (including phenoxy) is 2. The summed E-state index contributed by atoms with van der Waals surface area (Å²) in [4.78, 5) is 22.1. The van der Waals surface area contributed by atoms with Gasteiger partial charge < -0.3 is 9.47 Å². The van der Waals surface area contributed by atoms with Crippen LogP contribution in [0.4, 0.5) is 0 Å². The molecule has 0 radical (unpaired) electrons. The Morgan fingerprint density at radius 3 is 2.93 bits per heavy atom. The molecule has 1 unspecified atom stereocenters. The largest absolute Gasteiger partial charge is 0.450 e. The summed E-state index contributed by atoms with van der Waals surface area (Å²) in [6.07, 6.45) is -0.424. The molecule has 4 nitrogen and oxygen atoms in total. The van der Waals surface area contributed by atoms with Crippen LogP contribution in [0.1, 0.15) is 12.5 Å². The molecular weight excluding hydrogens is 196 g/mol. The van der Waals surface area contributed by atoms with E-state index in [1.165, 1.54) is 6.92 Å². The summed E-state index contributed by atoms with van der Waals surface area (Å²) >= 11 is 0. The minimum atomic E-state index is -0.808. The van der Waals surface area contributed by atoms with Gasteiger partial charge in [-0.2, -0.15) is 0 Å². The van der Waals surface area contributed by atoms with Crippen molar-refractivity contribution in [2.75, 3.05) is 0 Å². The Hall–Kier alpha value is -1.84. The number of benzene rings is 1. The van der Waals surface area contributed by atoms with Gasteiger partial charge in [-0.15, -0.1) is 0 Å². The Labute approximate surface area is 86.8 Å². The van der Waals surface area contributed by atoms with Crippen LogP contribution < -0.4 is 4.74 Å². The van der Waals surface area contributed by atoms with Crippen LogP contribution in [0.3, 0.4) is 0 Å². The summed E-state index contributed by atoms with van der Waals surface area (Å²) < 4.78 is 9.88. The van der Waals surface area contributed by atoms with Crippen molar-refractivity contribution in [3.63, 3.8) is 0 Å². The number of rotatable bonds is 1. The summed E-state index contributed by atoms with van der Waals surface area (Å²) in [7, 11) is 0. The van der Waals surface area contributed by atoms with Gasteiger partial charge in [-0.05, 0) is 11.6 Å². The summed E-state index contributed by atoms with van der Waals surface area (Å²) in [6, 6.07) is 7.20. The predicted octanol–water partition coefficient (Wildman–Crippen LogP) is 1.08. The van der Waals surface area contributed by atoms with E-state index in [0.717, 1.165) is 5.56 Å². The molecule has 78 valence electrons. The normalized spacial score (nSPS) is 19.0. The van der Waals surface area contributed by atoms with Gasteiger partial charge in [0.05, 0.1) is 0 Å². The van der Waals surface area contributed by atoms with Crippen LogP contribution in [0.5, 0.6) is 5.75 Å². The van der Waals surface area contributed by atoms with E-state index in [2.05, 4.69) is 0 Å². The molecule has 1 aromatic rings. The van der Waals surface area contributed by atoms with Gasteiger partial charge in [0, 0.05) is 13.3 Å². The summed E-state index contributed by atoms with van der Waals surface area (Å²) in [5.41, 5.74) is 0.878. The minimum Gasteiger partial charge on any atom is -0.450 e. The molecule has 1 aromatic carbocycles. The monoisotopic (exact) mass is 206 g/mol. The first-order valence-electron chi connectivity index (χ1n) is 4.63. The van der Waals surface area contributed by atoms with Gasteiger partial charge in [0.25, 0.3) is 0 Å². The molecule has 0 bridgehead atoms. The molecule has 0 saturated carbocycles. The van der Waals surface area contributed by atoms with Gasteiger partial charge >= 0.3 is 11.9 Å². The highest BCUT2D eigenvalue weighted by atomic mass is 16.6. The molecule has 0 spiro atoms. The third-order valence-electron chi connectivity index (χ3n) is 2.16. The molecule has 1 heterocycles. The van der Waals surface area contributed by atoms with Crippen LogP contribution in [-0.2, 0) is 20.7 Å². The second-order valence-electron chi connectivity index (χ2n) is 3.33. The molecular formula is C11H10O4. The van der Waals surface area contributed by atoms with E-state index in [0.29, 0.717) is 12.2 Å². The van der Waals surface area contributed by atoms with Crippen molar-refractivity contribution in [2.45, 2.75) is 19.4 Å². The smallest absolute Gasteiger partial charge is 0.353 e. The molecule has 0 aliphatic carbocycles. The van der Waals surface area contributed by atoms with E-state index in [1.54, 1.807) is 12.1 Å². The number of para-hydroxylation sites is 1. The number of hydrogen-bond donors (Lipinski definition) is 0. The Morgan fingerprint density at radius 1 is 1.47 bits per heavy atom. The number of fused-ring (bicyclic) bond motifs is 1. The van der Waals surface area contributed by atoms with Crippen molar-refractivity contribution in [3.05, 3.63) is 29.8 Å². The average Bonchev–Trinajstić information content (AvgIpc) is 2.18. The van der Waals surface area contributed by atoms with Gasteiger partial charge in [-0.1, -0.05) is 18.2 Å². The SMILES string of the molecule is CC(=O)OC1Cc2ccccc2OC1=O. The zero-order chi connectivity index (χ0) is 10.8. The average molecular weight is 206 g/mol. The molecule has 0 aromatic heterocycles. The zero-order valence-corrected chi connectivity index (χ0v) is 8.23. The van der Waals surface area contributed by atoms with Crippen LogP contribution in [0.15, 0.2) is 24.3 Å². The number of esters is 2. The fourth-order valence-electron chi connectivity index (χ4n) is 1.52. The molecule has 15 heavy (non-hydrogen) atoms. The van der Waals surface area contributed by atoms with Crippen molar-refractivity contribution in [3.8, 4) is 5.75 Å². The van der Waals surface area contributed by atoms with Crippen LogP contribution >= 0.6 is 0 Å². The second-order valence-corrected chi connectivity index (χ2v) is 3.33. The fraction of sp³-hybridized carbons (Fsp3) is 0.273. The third kappa shape index (κ3) is 1.98. The van der Waals surface area contributed by atoms with Crippen molar-refractivity contribution >= 4 is 11.9 Å². The highest BCUT2D eigenvalue weighted by molar-refractivity contribution is 5.82. The van der Waals surface area contributed by atoms with E-state index in [9.17, 15) is 9.59 Å². The second kappa shape index (κ2) is 3.73. The molecule has 0 saturated heterocycles. The molecule has 1 aliphatic rings. The molecule has 0 fully saturated rings. The first kappa shape index (κ1) is 9.71. The Morgan fingerprint density at radius 2 is 2.20 bits per heavy atom. The lowest BCUT2D eigenvalue weighted by molar-refractivity contribution is -0.161. The quantitative estimate of drug-likeness (QED) is 0.509.